The van der Waals surface area contributed by atoms with Crippen LogP contribution >= 0.6 is 33.3 Å². The number of hydrogen-bond acceptors (Lipinski definition) is 17. The first-order valence-corrected chi connectivity index (χ1v) is 27.2. The first-order chi connectivity index (χ1) is 34.7. The maximum absolute atomic E-state index is 14.6. The molecule has 402 valence electrons. The van der Waals surface area contributed by atoms with Gasteiger partial charge in [0, 0.05) is 67.5 Å². The average Bonchev–Trinajstić information content (AvgIpc) is 3.91. The predicted octanol–water partition coefficient (Wildman–Crippen LogP) is -3.75. The third-order valence-electron chi connectivity index (χ3n) is 12.4. The number of benzene rings is 1. The molecule has 2 aromatic rings. The number of H-pyrrole nitrogens is 1. The number of thioether (sulfide) groups is 1. The van der Waals surface area contributed by atoms with Crippen LogP contribution in [-0.4, -0.2) is 189 Å². The van der Waals surface area contributed by atoms with Crippen molar-refractivity contribution in [1.82, 2.24) is 52.4 Å². The highest BCUT2D eigenvalue weighted by Gasteiger charge is 2.45. The van der Waals surface area contributed by atoms with Crippen LogP contribution in [0.3, 0.4) is 0 Å². The summed E-state index contributed by atoms with van der Waals surface area (Å²) in [5.74, 6) is -8.90. The normalized spacial score (nSPS) is 25.3. The molecular formula is C45H65N11O14S3. The maximum atomic E-state index is 14.6. The van der Waals surface area contributed by atoms with Crippen LogP contribution in [0.4, 0.5) is 0 Å². The number of aromatic nitrogens is 1. The molecule has 4 heterocycles. The number of amides is 10. The number of nitrogens with zero attached hydrogens (tertiary/aromatic N) is 1. The molecule has 0 radical (unpaired) electrons. The molecule has 1 fully saturated rings. The summed E-state index contributed by atoms with van der Waals surface area (Å²) in [6.45, 7) is 4.35. The molecule has 3 aliphatic heterocycles. The summed E-state index contributed by atoms with van der Waals surface area (Å²) in [6.07, 6.45) is -4.02. The highest BCUT2D eigenvalue weighted by molar-refractivity contribution is 8.76. The van der Waals surface area contributed by atoms with Gasteiger partial charge in [-0.05, 0) is 23.6 Å². The van der Waals surface area contributed by atoms with Crippen LogP contribution in [0.5, 0.6) is 5.75 Å². The fourth-order valence-electron chi connectivity index (χ4n) is 8.22. The van der Waals surface area contributed by atoms with Gasteiger partial charge in [-0.1, -0.05) is 48.8 Å². The van der Waals surface area contributed by atoms with E-state index in [1.165, 1.54) is 13.8 Å². The molecule has 73 heavy (non-hydrogen) atoms. The van der Waals surface area contributed by atoms with E-state index in [4.69, 9.17) is 10.5 Å². The zero-order chi connectivity index (χ0) is 53.5. The number of carbonyl (C=O) groups is 10. The SMILES string of the molecule is CC[C@H](C)[C@@H]1NC(=O)CNC(=O)C2Cc3c([nH]c4cc(OCCSSCCNC(C)=O)ccc34)SCC(NC(=O)CNC1=O)C(=O)N[C@@H](CC(N)=O)C(=O)N1CC(O)C[C@H]1C(=O)N[C@@H]([C@@H](C)[C@@H](O)CO)C(=O)N2. The lowest BCUT2D eigenvalue weighted by Crippen LogP contribution is -2.62. The summed E-state index contributed by atoms with van der Waals surface area (Å²) in [5.41, 5.74) is 6.42. The summed E-state index contributed by atoms with van der Waals surface area (Å²) >= 11 is 0.990. The van der Waals surface area contributed by atoms with E-state index in [1.807, 2.05) is 0 Å². The number of aromatic amines is 1. The van der Waals surface area contributed by atoms with Gasteiger partial charge in [0.1, 0.15) is 42.0 Å². The van der Waals surface area contributed by atoms with Crippen LogP contribution in [0.1, 0.15) is 52.5 Å². The number of fused-ring (bicyclic) bond motifs is 5. The zero-order valence-electron chi connectivity index (χ0n) is 40.8. The summed E-state index contributed by atoms with van der Waals surface area (Å²) in [5, 5.41) is 53.0. The molecule has 25 nitrogen and oxygen atoms in total. The number of hydrogen-bond donors (Lipinski definition) is 13. The zero-order valence-corrected chi connectivity index (χ0v) is 43.2. The number of nitrogens with one attached hydrogen (secondary N) is 9. The van der Waals surface area contributed by atoms with Crippen molar-refractivity contribution in [2.45, 2.75) is 107 Å². The standard InChI is InChI=1S/C45H65N11O14S3/c1-5-21(2)37-42(67)49-16-35(62)50-31-20-71-44-27(26-7-6-25(13-28(26)53-44)70-9-11-73-72-10-8-47-23(4)58)14-29(39(64)48-17-36(63)54-37)51-43(68)38(22(3)33(60)19-57)55-41(66)32-12-24(59)18-56(32)45(69)30(15-34(46)61)52-40(31)65/h6-7,13,21-22,24,29-33,37-38,53,57,59-60H,5,8-12,14-20H2,1-4H3,(H2,46,61)(H,47,58)(H,48,64)(H,49,67)(H,50,62)(H,51,68)(H,52,65)(H,54,63)(H,55,66)/t21-,22-,24?,29?,30-,31?,32-,33-,37-,38-/m0/s1. The molecule has 5 rings (SSSR count). The predicted molar refractivity (Wildman–Crippen MR) is 269 cm³/mol. The molecule has 0 saturated carbocycles. The Morgan fingerprint density at radius 1 is 0.890 bits per heavy atom. The lowest BCUT2D eigenvalue weighted by atomic mass is 9.93. The Bertz CT molecular complexity index is 2380. The topological polar surface area (TPSA) is 382 Å². The summed E-state index contributed by atoms with van der Waals surface area (Å²) in [4.78, 5) is 141. The molecule has 10 atom stereocenters. The lowest BCUT2D eigenvalue weighted by molar-refractivity contribution is -0.144. The molecule has 0 aliphatic carbocycles. The van der Waals surface area contributed by atoms with Gasteiger partial charge in [-0.15, -0.1) is 11.8 Å². The molecule has 28 heteroatoms. The Kier molecular flexibility index (Phi) is 21.9. The van der Waals surface area contributed by atoms with Crippen LogP contribution < -0.4 is 53.0 Å². The third-order valence-corrected chi connectivity index (χ3v) is 16.0. The summed E-state index contributed by atoms with van der Waals surface area (Å²) in [6, 6.07) is -4.24. The van der Waals surface area contributed by atoms with E-state index >= 15 is 0 Å². The summed E-state index contributed by atoms with van der Waals surface area (Å²) in [7, 11) is 3.11. The van der Waals surface area contributed by atoms with Crippen LogP contribution in [0.2, 0.25) is 0 Å². The Morgan fingerprint density at radius 2 is 1.59 bits per heavy atom. The van der Waals surface area contributed by atoms with Crippen molar-refractivity contribution >= 4 is 103 Å². The molecule has 0 spiro atoms. The fraction of sp³-hybridized carbons (Fsp3) is 0.600. The molecule has 14 N–H and O–H groups in total. The van der Waals surface area contributed by atoms with Crippen molar-refractivity contribution in [3.8, 4) is 5.75 Å². The second-order valence-electron chi connectivity index (χ2n) is 17.9. The van der Waals surface area contributed by atoms with Gasteiger partial charge < -0.3 is 78.2 Å². The Hall–Kier alpha value is -5.81. The first kappa shape index (κ1) is 58.1. The number of aliphatic hydroxyl groups is 3. The lowest BCUT2D eigenvalue weighted by Gasteiger charge is -2.32. The van der Waals surface area contributed by atoms with Gasteiger partial charge in [-0.3, -0.25) is 47.9 Å². The van der Waals surface area contributed by atoms with Gasteiger partial charge >= 0.3 is 0 Å². The van der Waals surface area contributed by atoms with Crippen LogP contribution in [0.15, 0.2) is 23.2 Å². The van der Waals surface area contributed by atoms with Crippen LogP contribution in [-0.2, 0) is 54.4 Å². The summed E-state index contributed by atoms with van der Waals surface area (Å²) < 4.78 is 6.04. The molecule has 3 aliphatic rings. The van der Waals surface area contributed by atoms with Crippen molar-refractivity contribution in [2.75, 3.05) is 56.7 Å². The number of primary amides is 1. The van der Waals surface area contributed by atoms with Gasteiger partial charge in [-0.25, -0.2) is 0 Å². The second kappa shape index (κ2) is 27.5. The van der Waals surface area contributed by atoms with Gasteiger partial charge in [0.2, 0.25) is 59.1 Å². The quantitative estimate of drug-likeness (QED) is 0.0602. The van der Waals surface area contributed by atoms with E-state index in [1.54, 1.807) is 53.6 Å². The molecule has 2 bridgehead atoms. The Morgan fingerprint density at radius 3 is 2.27 bits per heavy atom. The van der Waals surface area contributed by atoms with E-state index < -0.39 is 146 Å². The van der Waals surface area contributed by atoms with Crippen molar-refractivity contribution in [1.29, 1.82) is 0 Å². The van der Waals surface area contributed by atoms with Crippen LogP contribution in [0, 0.1) is 11.8 Å². The minimum absolute atomic E-state index is 0.119. The number of nitrogens with two attached hydrogens (primary N) is 1. The monoisotopic (exact) mass is 1080 g/mol. The minimum Gasteiger partial charge on any atom is -0.493 e. The molecule has 10 amide bonds. The largest absolute Gasteiger partial charge is 0.493 e. The average molecular weight is 1080 g/mol. The third kappa shape index (κ3) is 16.3. The van der Waals surface area contributed by atoms with Crippen molar-refractivity contribution in [3.05, 3.63) is 23.8 Å². The van der Waals surface area contributed by atoms with E-state index in [0.717, 1.165) is 16.7 Å². The van der Waals surface area contributed by atoms with Crippen molar-refractivity contribution < 1.29 is 68.0 Å². The Labute approximate surface area is 432 Å². The smallest absolute Gasteiger partial charge is 0.246 e. The molecule has 1 aromatic carbocycles. The fourth-order valence-corrected chi connectivity index (χ4v) is 11.1. The van der Waals surface area contributed by atoms with E-state index in [-0.39, 0.29) is 24.5 Å². The van der Waals surface area contributed by atoms with E-state index in [0.29, 0.717) is 58.3 Å². The van der Waals surface area contributed by atoms with Crippen molar-refractivity contribution in [2.24, 2.45) is 17.6 Å². The Balaban J connectivity index is 1.65. The molecule has 1 aromatic heterocycles. The van der Waals surface area contributed by atoms with E-state index in [9.17, 15) is 63.3 Å². The van der Waals surface area contributed by atoms with Crippen LogP contribution in [0.25, 0.3) is 10.9 Å². The first-order valence-electron chi connectivity index (χ1n) is 23.7. The highest BCUT2D eigenvalue weighted by atomic mass is 33.1. The van der Waals surface area contributed by atoms with Gasteiger partial charge in [0.25, 0.3) is 0 Å². The van der Waals surface area contributed by atoms with Gasteiger partial charge in [-0.2, -0.15) is 0 Å². The van der Waals surface area contributed by atoms with E-state index in [2.05, 4.69) is 47.5 Å². The number of rotatable bonds is 15. The number of carbonyl (C=O) groups excluding carboxylic acids is 10. The number of ether oxygens (including phenoxy) is 1. The molecule has 1 saturated heterocycles. The number of aliphatic hydroxyl groups excluding tert-OH is 3. The van der Waals surface area contributed by atoms with Crippen molar-refractivity contribution in [3.63, 3.8) is 0 Å². The minimum atomic E-state index is -1.75. The molecule has 3 unspecified atom stereocenters. The van der Waals surface area contributed by atoms with Gasteiger partial charge in [0.15, 0.2) is 0 Å². The second-order valence-corrected chi connectivity index (χ2v) is 21.6. The highest BCUT2D eigenvalue weighted by Crippen LogP contribution is 2.34. The maximum Gasteiger partial charge on any atom is 0.246 e. The molecular weight excluding hydrogens is 1010 g/mol. The van der Waals surface area contributed by atoms with Gasteiger partial charge in [0.05, 0.1) is 55.5 Å².